The van der Waals surface area contributed by atoms with E-state index in [1.54, 1.807) is 0 Å². The SMILES string of the molecule is CCC[C@H]1CN(Cc2nnc(-c3ccccc3)o2)CCN1Cc1nnc(-c2ccccc2)o1. The summed E-state index contributed by atoms with van der Waals surface area (Å²) in [7, 11) is 0. The molecule has 0 saturated carbocycles. The molecule has 1 aliphatic rings. The monoisotopic (exact) mass is 444 g/mol. The number of rotatable bonds is 8. The van der Waals surface area contributed by atoms with Crippen LogP contribution in [-0.4, -0.2) is 55.9 Å². The summed E-state index contributed by atoms with van der Waals surface area (Å²) in [5.74, 6) is 2.46. The maximum absolute atomic E-state index is 5.96. The molecule has 1 atom stereocenters. The van der Waals surface area contributed by atoms with Gasteiger partial charge in [0.15, 0.2) is 0 Å². The highest BCUT2D eigenvalue weighted by Gasteiger charge is 2.28. The highest BCUT2D eigenvalue weighted by atomic mass is 16.4. The molecule has 1 aliphatic heterocycles. The molecule has 3 heterocycles. The van der Waals surface area contributed by atoms with Gasteiger partial charge in [0.25, 0.3) is 0 Å². The summed E-state index contributed by atoms with van der Waals surface area (Å²) in [5.41, 5.74) is 1.89. The summed E-state index contributed by atoms with van der Waals surface area (Å²) in [4.78, 5) is 4.84. The van der Waals surface area contributed by atoms with Gasteiger partial charge >= 0.3 is 0 Å². The molecule has 2 aromatic carbocycles. The molecule has 8 nitrogen and oxygen atoms in total. The average Bonchev–Trinajstić information content (AvgIpc) is 3.52. The van der Waals surface area contributed by atoms with Crippen LogP contribution in [0.15, 0.2) is 69.5 Å². The van der Waals surface area contributed by atoms with Crippen molar-refractivity contribution in [3.05, 3.63) is 72.4 Å². The molecule has 0 aliphatic carbocycles. The van der Waals surface area contributed by atoms with Crippen molar-refractivity contribution >= 4 is 0 Å². The summed E-state index contributed by atoms with van der Waals surface area (Å²) in [5, 5.41) is 17.0. The molecule has 5 rings (SSSR count). The highest BCUT2D eigenvalue weighted by molar-refractivity contribution is 5.52. The lowest BCUT2D eigenvalue weighted by atomic mass is 10.1. The summed E-state index contributed by atoms with van der Waals surface area (Å²) >= 11 is 0. The van der Waals surface area contributed by atoms with Crippen LogP contribution < -0.4 is 0 Å². The Morgan fingerprint density at radius 1 is 0.758 bits per heavy atom. The second-order valence-corrected chi connectivity index (χ2v) is 8.38. The van der Waals surface area contributed by atoms with E-state index in [1.165, 1.54) is 0 Å². The third-order valence-electron chi connectivity index (χ3n) is 5.98. The van der Waals surface area contributed by atoms with Gasteiger partial charge in [0.2, 0.25) is 23.6 Å². The van der Waals surface area contributed by atoms with Gasteiger partial charge in [-0.1, -0.05) is 49.7 Å². The molecule has 0 bridgehead atoms. The van der Waals surface area contributed by atoms with Gasteiger partial charge in [0.05, 0.1) is 13.1 Å². The maximum atomic E-state index is 5.96. The quantitative estimate of drug-likeness (QED) is 0.398. The lowest BCUT2D eigenvalue weighted by Crippen LogP contribution is -2.52. The van der Waals surface area contributed by atoms with Crippen LogP contribution in [0.5, 0.6) is 0 Å². The molecule has 170 valence electrons. The van der Waals surface area contributed by atoms with Crippen molar-refractivity contribution in [2.45, 2.75) is 38.9 Å². The minimum absolute atomic E-state index is 0.410. The van der Waals surface area contributed by atoms with Crippen molar-refractivity contribution in [3.8, 4) is 22.9 Å². The Bertz CT molecular complexity index is 1140. The second kappa shape index (κ2) is 10.1. The van der Waals surface area contributed by atoms with Crippen LogP contribution in [0.4, 0.5) is 0 Å². The molecule has 0 amide bonds. The number of piperazine rings is 1. The van der Waals surface area contributed by atoms with E-state index in [0.29, 0.717) is 42.7 Å². The van der Waals surface area contributed by atoms with Gasteiger partial charge in [0.1, 0.15) is 0 Å². The topological polar surface area (TPSA) is 84.3 Å². The maximum Gasteiger partial charge on any atom is 0.247 e. The van der Waals surface area contributed by atoms with Gasteiger partial charge in [-0.25, -0.2) is 0 Å². The molecule has 33 heavy (non-hydrogen) atoms. The van der Waals surface area contributed by atoms with Crippen molar-refractivity contribution in [3.63, 3.8) is 0 Å². The molecule has 0 unspecified atom stereocenters. The first-order valence-corrected chi connectivity index (χ1v) is 11.5. The van der Waals surface area contributed by atoms with Crippen molar-refractivity contribution < 1.29 is 8.83 Å². The summed E-state index contributed by atoms with van der Waals surface area (Å²) in [6, 6.07) is 20.2. The Labute approximate surface area is 193 Å². The van der Waals surface area contributed by atoms with Gasteiger partial charge in [0, 0.05) is 36.8 Å². The minimum Gasteiger partial charge on any atom is -0.419 e. The Balaban J connectivity index is 1.21. The molecule has 8 heteroatoms. The number of hydrogen-bond acceptors (Lipinski definition) is 8. The summed E-state index contributed by atoms with van der Waals surface area (Å²) < 4.78 is 11.9. The fraction of sp³-hybridized carbons (Fsp3) is 0.360. The number of benzene rings is 2. The average molecular weight is 445 g/mol. The van der Waals surface area contributed by atoms with Crippen LogP contribution in [0, 0.1) is 0 Å². The molecule has 0 radical (unpaired) electrons. The fourth-order valence-electron chi connectivity index (χ4n) is 4.31. The first-order valence-electron chi connectivity index (χ1n) is 11.5. The van der Waals surface area contributed by atoms with E-state index in [0.717, 1.165) is 43.6 Å². The molecular weight excluding hydrogens is 416 g/mol. The largest absolute Gasteiger partial charge is 0.419 e. The second-order valence-electron chi connectivity index (χ2n) is 8.38. The first-order chi connectivity index (χ1) is 16.3. The molecule has 0 N–H and O–H groups in total. The minimum atomic E-state index is 0.410. The van der Waals surface area contributed by atoms with E-state index in [9.17, 15) is 0 Å². The smallest absolute Gasteiger partial charge is 0.247 e. The van der Waals surface area contributed by atoms with Crippen LogP contribution >= 0.6 is 0 Å². The zero-order valence-electron chi connectivity index (χ0n) is 18.8. The van der Waals surface area contributed by atoms with E-state index in [4.69, 9.17) is 8.83 Å². The van der Waals surface area contributed by atoms with Crippen LogP contribution in [-0.2, 0) is 13.1 Å². The van der Waals surface area contributed by atoms with Crippen LogP contribution in [0.2, 0.25) is 0 Å². The van der Waals surface area contributed by atoms with Crippen molar-refractivity contribution in [1.82, 2.24) is 30.2 Å². The van der Waals surface area contributed by atoms with Gasteiger partial charge in [-0.3, -0.25) is 9.80 Å². The third kappa shape index (κ3) is 5.18. The lowest BCUT2D eigenvalue weighted by Gasteiger charge is -2.40. The Kier molecular flexibility index (Phi) is 6.55. The molecular formula is C25H28N6O2. The van der Waals surface area contributed by atoms with Gasteiger partial charge in [-0.2, -0.15) is 0 Å². The molecule has 2 aromatic heterocycles. The van der Waals surface area contributed by atoms with E-state index in [1.807, 2.05) is 60.7 Å². The molecule has 4 aromatic rings. The number of hydrogen-bond donors (Lipinski definition) is 0. The fourth-order valence-corrected chi connectivity index (χ4v) is 4.31. The van der Waals surface area contributed by atoms with E-state index in [2.05, 4.69) is 37.1 Å². The molecule has 0 spiro atoms. The molecule has 1 saturated heterocycles. The van der Waals surface area contributed by atoms with Crippen LogP contribution in [0.25, 0.3) is 22.9 Å². The van der Waals surface area contributed by atoms with Crippen molar-refractivity contribution in [1.29, 1.82) is 0 Å². The van der Waals surface area contributed by atoms with Gasteiger partial charge < -0.3 is 8.83 Å². The van der Waals surface area contributed by atoms with E-state index in [-0.39, 0.29) is 0 Å². The van der Waals surface area contributed by atoms with Gasteiger partial charge in [-0.15, -0.1) is 20.4 Å². The standard InChI is InChI=1S/C25H28N6O2/c1-2-9-21-16-30(17-22-26-28-24(32-22)19-10-5-3-6-11-19)14-15-31(21)18-23-27-29-25(33-23)20-12-7-4-8-13-20/h3-8,10-13,21H,2,9,14-18H2,1H3/t21-/m0/s1. The number of nitrogens with zero attached hydrogens (tertiary/aromatic N) is 6. The zero-order valence-corrected chi connectivity index (χ0v) is 18.8. The molecule has 1 fully saturated rings. The highest BCUT2D eigenvalue weighted by Crippen LogP contribution is 2.23. The van der Waals surface area contributed by atoms with Gasteiger partial charge in [-0.05, 0) is 30.7 Å². The Morgan fingerprint density at radius 3 is 1.91 bits per heavy atom. The van der Waals surface area contributed by atoms with Crippen molar-refractivity contribution in [2.24, 2.45) is 0 Å². The lowest BCUT2D eigenvalue weighted by molar-refractivity contribution is 0.0491. The summed E-state index contributed by atoms with van der Waals surface area (Å²) in [6.07, 6.45) is 2.22. The Morgan fingerprint density at radius 2 is 1.33 bits per heavy atom. The third-order valence-corrected chi connectivity index (χ3v) is 5.98. The predicted molar refractivity (Wildman–Crippen MR) is 124 cm³/mol. The van der Waals surface area contributed by atoms with Crippen LogP contribution in [0.1, 0.15) is 31.5 Å². The Hall–Kier alpha value is -3.36. The first kappa shape index (κ1) is 21.5. The van der Waals surface area contributed by atoms with Crippen LogP contribution in [0.3, 0.4) is 0 Å². The van der Waals surface area contributed by atoms with Crippen molar-refractivity contribution in [2.75, 3.05) is 19.6 Å². The van der Waals surface area contributed by atoms with E-state index < -0.39 is 0 Å². The van der Waals surface area contributed by atoms with E-state index >= 15 is 0 Å². The summed E-state index contributed by atoms with van der Waals surface area (Å²) in [6.45, 7) is 6.33. The zero-order chi connectivity index (χ0) is 22.5. The number of aromatic nitrogens is 4. The predicted octanol–water partition coefficient (Wildman–Crippen LogP) is 4.27. The normalized spacial score (nSPS) is 17.4.